The van der Waals surface area contributed by atoms with Gasteiger partial charge in [0.2, 0.25) is 18.1 Å². The van der Waals surface area contributed by atoms with Crippen LogP contribution in [0.1, 0.15) is 67.8 Å². The van der Waals surface area contributed by atoms with Crippen molar-refractivity contribution in [3.05, 3.63) is 111 Å². The Morgan fingerprint density at radius 1 is 0.806 bits per heavy atom. The number of unbranched alkanes of at least 4 members (excludes halogenated alkanes) is 2. The molecule has 0 bridgehead atoms. The molecule has 0 saturated carbocycles. The van der Waals surface area contributed by atoms with E-state index in [1.54, 1.807) is 24.3 Å². The van der Waals surface area contributed by atoms with Crippen molar-refractivity contribution >= 4 is 84.6 Å². The number of alkyl halides is 2. The number of rotatable bonds is 20. The SMILES string of the molecule is O=C(CCCCCN1C(=O)[CH-]CC1=O)NCCC(=O)Nc1cc(COC(=O)Nc2ccc(Cc3ncnc4c3ncn4[C@@H]3O[C@@H]4COP(O)(=S)O[C@H]5[C@@H](F)[C@H](n6ccc(=O)[nH]c6=O)O[C@@H]5COP(=O)(O)O[C@H]4[C@H]3F)cc2)ccc1O[C@H]1O[C@@H](C(=O)O)[C@H](O)[C@@H](O)[C@@H]1O.[Tm]. The molecule has 3 aromatic heterocycles. The van der Waals surface area contributed by atoms with E-state index in [2.05, 4.69) is 30.9 Å². The molecule has 5 aromatic rings. The van der Waals surface area contributed by atoms with Crippen LogP contribution in [0.25, 0.3) is 11.2 Å². The molecule has 10 rings (SSSR count). The van der Waals surface area contributed by atoms with Gasteiger partial charge in [0.25, 0.3) is 5.56 Å². The van der Waals surface area contributed by atoms with Crippen molar-refractivity contribution in [1.82, 2.24) is 39.3 Å². The van der Waals surface area contributed by atoms with Crippen molar-refractivity contribution in [2.75, 3.05) is 36.9 Å². The van der Waals surface area contributed by atoms with Crippen LogP contribution in [-0.2, 0) is 90.4 Å². The third-order valence-electron chi connectivity index (χ3n) is 15.0. The van der Waals surface area contributed by atoms with E-state index in [1.807, 2.05) is 4.98 Å². The summed E-state index contributed by atoms with van der Waals surface area (Å²) < 4.78 is 97.1. The Kier molecular flexibility index (Phi) is 23.3. The maximum absolute atomic E-state index is 16.7. The number of nitrogens with one attached hydrogen (secondary N) is 4. The molecule has 15 atom stereocenters. The van der Waals surface area contributed by atoms with Crippen LogP contribution in [0.4, 0.5) is 25.0 Å². The number of benzene rings is 2. The van der Waals surface area contributed by atoms with Gasteiger partial charge in [-0.1, -0.05) is 31.0 Å². The zero-order valence-corrected chi connectivity index (χ0v) is 52.4. The standard InChI is InChI=1S/C53H59F2N10O24P2S.Tm/c54-38-44-32(22-83-91(80,92)89-45-31(21-82-90(78,79)88-44)84-48(39(45)55)64-17-14-35(68)62-52(64)76)85-49(38)65-24-59-40-29(57-23-58-47(40)65)18-25-5-8-27(9-6-25)60-53(77)81-20-26-7-10-30(86-51-43(73)41(71)42(72)46(87-51)50(74)75)28(19-26)61-34(67)13-15-56-33(66)4-2-1-3-16-63-36(69)11-12-37(63)70;/h5-11,14,17,19,23-24,31-32,38-39,41-46,48-49,51,71-73H,1-4,12-13,15-16,18,20-22H2,(H,56,66)(H,60,77)(H,61,67)(H,74,75)(H,78,79)(H,80,92)(H,62,68,76);/q-1;/t31-,32-,38-,39-,41-,42-,43+,44-,45-,46-,48-,49-,51+,91?;/m1./s1. The zero-order chi connectivity index (χ0) is 65.8. The third kappa shape index (κ3) is 17.2. The Labute approximate surface area is 557 Å². The summed E-state index contributed by atoms with van der Waals surface area (Å²) in [7, 11) is -5.29. The number of likely N-dealkylation sites (tertiary alicyclic amines) is 1. The number of hydrogen-bond acceptors (Lipinski definition) is 25. The number of anilines is 2. The Bertz CT molecular complexity index is 3810. The number of imide groups is 1. The van der Waals surface area contributed by atoms with E-state index in [4.69, 9.17) is 53.6 Å². The summed E-state index contributed by atoms with van der Waals surface area (Å²) in [6.45, 7) is -6.60. The number of hydrogen-bond donors (Lipinski definition) is 10. The first-order valence-corrected chi connectivity index (χ1v) is 32.3. The third-order valence-corrected chi connectivity index (χ3v) is 17.5. The molecular weight excluding hydrogens is 1460 g/mol. The average molecular weight is 1520 g/mol. The van der Waals surface area contributed by atoms with Gasteiger partial charge >= 0.3 is 32.3 Å². The number of aromatic amines is 1. The number of carboxylic acids is 1. The minimum absolute atomic E-state index is 0. The summed E-state index contributed by atoms with van der Waals surface area (Å²) in [5.41, 5.74) is -0.273. The predicted octanol–water partition coefficient (Wildman–Crippen LogP) is 0.561. The number of carbonyl (C=O) groups excluding carboxylic acids is 5. The summed E-state index contributed by atoms with van der Waals surface area (Å²) in [6, 6.07) is 11.3. The van der Waals surface area contributed by atoms with Crippen molar-refractivity contribution in [1.29, 1.82) is 0 Å². The molecular formula is C53H59F2N10O24P2STm-. The van der Waals surface area contributed by atoms with Gasteiger partial charge in [-0.25, -0.2) is 42.7 Å². The van der Waals surface area contributed by atoms with Gasteiger partial charge in [-0.3, -0.25) is 58.6 Å². The zero-order valence-electron chi connectivity index (χ0n) is 48.0. The summed E-state index contributed by atoms with van der Waals surface area (Å²) in [5, 5.41) is 48.6. The Morgan fingerprint density at radius 3 is 2.20 bits per heavy atom. The van der Waals surface area contributed by atoms with E-state index in [0.717, 1.165) is 21.7 Å². The molecule has 5 saturated heterocycles. The Balaban J connectivity index is 0.0000102. The number of aromatic nitrogens is 6. The fourth-order valence-electron chi connectivity index (χ4n) is 10.3. The van der Waals surface area contributed by atoms with Crippen molar-refractivity contribution in [3.63, 3.8) is 0 Å². The molecule has 1 radical (unpaired) electrons. The molecule has 2 aromatic carbocycles. The van der Waals surface area contributed by atoms with Crippen LogP contribution in [0.5, 0.6) is 5.75 Å². The average Bonchev–Trinajstić information content (AvgIpc) is 1.66. The monoisotopic (exact) mass is 1520 g/mol. The van der Waals surface area contributed by atoms with Crippen LogP contribution in [0, 0.1) is 43.3 Å². The normalized spacial score (nSPS) is 29.6. The van der Waals surface area contributed by atoms with Gasteiger partial charge in [-0.2, -0.15) is 0 Å². The van der Waals surface area contributed by atoms with Crippen LogP contribution in [-0.4, -0.2) is 194 Å². The molecule has 93 heavy (non-hydrogen) atoms. The number of carbonyl (C=O) groups is 6. The number of halogens is 2. The summed E-state index contributed by atoms with van der Waals surface area (Å²) >= 11 is 5.14. The van der Waals surface area contributed by atoms with Gasteiger partial charge in [0.05, 0.1) is 36.8 Å². The summed E-state index contributed by atoms with van der Waals surface area (Å²) in [6.07, 6.45) is -19.9. The summed E-state index contributed by atoms with van der Waals surface area (Å²) in [5.74, 6) is -3.53. The molecule has 5 amide bonds. The molecule has 509 valence electrons. The first-order valence-electron chi connectivity index (χ1n) is 28.2. The number of carboxylic acid groups (broad SMARTS) is 1. The smallest absolute Gasteiger partial charge is 0.472 e. The second-order valence-corrected chi connectivity index (χ2v) is 25.6. The molecule has 5 fully saturated rings. The van der Waals surface area contributed by atoms with Crippen molar-refractivity contribution in [3.8, 4) is 5.75 Å². The number of imidazole rings is 1. The van der Waals surface area contributed by atoms with Gasteiger partial charge in [-0.15, -0.1) is 0 Å². The maximum atomic E-state index is 16.7. The minimum atomic E-state index is -5.29. The topological polar surface area (TPSA) is 462 Å². The number of amides is 5. The fourth-order valence-corrected chi connectivity index (χ4v) is 12.7. The van der Waals surface area contributed by atoms with Gasteiger partial charge in [-0.05, 0) is 60.0 Å². The molecule has 8 heterocycles. The fraction of sp³-hybridized carbons (Fsp3) is 0.472. The van der Waals surface area contributed by atoms with Gasteiger partial charge < -0.3 is 78.7 Å². The number of phosphoric ester groups is 1. The number of aliphatic carboxylic acids is 1. The van der Waals surface area contributed by atoms with Gasteiger partial charge in [0.15, 0.2) is 42.5 Å². The Hall–Kier alpha value is -6.35. The number of ether oxygens (including phenoxy) is 5. The number of H-pyrrole nitrogens is 1. The van der Waals surface area contributed by atoms with Crippen LogP contribution in [0.2, 0.25) is 0 Å². The maximum Gasteiger partial charge on any atom is 0.472 e. The quantitative estimate of drug-likeness (QED) is 0.0220. The second kappa shape index (κ2) is 30.6. The van der Waals surface area contributed by atoms with E-state index >= 15 is 8.78 Å². The van der Waals surface area contributed by atoms with Crippen LogP contribution in [0.15, 0.2) is 77.0 Å². The number of aliphatic hydroxyl groups excluding tert-OH is 3. The van der Waals surface area contributed by atoms with E-state index in [9.17, 15) is 73.1 Å². The molecule has 5 aliphatic rings. The van der Waals surface area contributed by atoms with Crippen molar-refractivity contribution in [2.24, 2.45) is 0 Å². The number of nitrogens with zero attached hydrogens (tertiary/aromatic N) is 6. The minimum Gasteiger partial charge on any atom is -0.479 e. The van der Waals surface area contributed by atoms with E-state index in [0.29, 0.717) is 35.1 Å². The molecule has 2 unspecified atom stereocenters. The first kappa shape index (κ1) is 71.0. The molecule has 5 aliphatic heterocycles. The van der Waals surface area contributed by atoms with E-state index in [1.165, 1.54) is 37.3 Å². The van der Waals surface area contributed by atoms with E-state index in [-0.39, 0.29) is 127 Å². The first-order chi connectivity index (χ1) is 43.8. The summed E-state index contributed by atoms with van der Waals surface area (Å²) in [4.78, 5) is 136. The number of aliphatic hydroxyl groups is 3. The molecule has 10 N–H and O–H groups in total. The van der Waals surface area contributed by atoms with Crippen molar-refractivity contribution in [2.45, 2.75) is 131 Å². The van der Waals surface area contributed by atoms with Gasteiger partial charge in [0.1, 0.15) is 66.9 Å². The largest absolute Gasteiger partial charge is 0.479 e. The molecule has 0 spiro atoms. The van der Waals surface area contributed by atoms with Gasteiger partial charge in [0, 0.05) is 87.2 Å². The molecule has 34 nitrogen and oxygen atoms in total. The van der Waals surface area contributed by atoms with Crippen LogP contribution < -0.4 is 31.9 Å². The van der Waals surface area contributed by atoms with Crippen molar-refractivity contribution < 1.29 is 151 Å². The van der Waals surface area contributed by atoms with E-state index < -0.39 is 144 Å². The number of phosphoric acid groups is 1. The Morgan fingerprint density at radius 2 is 1.51 bits per heavy atom. The van der Waals surface area contributed by atoms with Crippen LogP contribution >= 0.6 is 14.5 Å². The number of fused-ring (bicyclic) bond motifs is 3. The molecule has 40 heteroatoms. The van der Waals surface area contributed by atoms with Crippen LogP contribution in [0.3, 0.4) is 0 Å². The predicted molar refractivity (Wildman–Crippen MR) is 307 cm³/mol. The second-order valence-electron chi connectivity index (χ2n) is 21.4. The molecule has 0 aliphatic carbocycles.